The van der Waals surface area contributed by atoms with Crippen LogP contribution < -0.4 is 0 Å². The molecule has 0 N–H and O–H groups in total. The second-order valence-electron chi connectivity index (χ2n) is 7.47. The zero-order valence-corrected chi connectivity index (χ0v) is 16.8. The molecule has 5 nitrogen and oxygen atoms in total. The van der Waals surface area contributed by atoms with Crippen molar-refractivity contribution in [2.24, 2.45) is 0 Å². The second-order valence-corrected chi connectivity index (χ2v) is 7.47. The van der Waals surface area contributed by atoms with Crippen LogP contribution in [0, 0.1) is 13.8 Å². The number of ether oxygens (including phenoxy) is 1. The zero-order chi connectivity index (χ0) is 20.5. The van der Waals surface area contributed by atoms with Gasteiger partial charge in [0.05, 0.1) is 11.1 Å². The van der Waals surface area contributed by atoms with Crippen LogP contribution in [0.5, 0.6) is 0 Å². The monoisotopic (exact) mass is 388 g/mol. The molecule has 0 saturated carbocycles. The van der Waals surface area contributed by atoms with Crippen LogP contribution in [0.1, 0.15) is 49.8 Å². The number of nitrogens with zero attached hydrogens (tertiary/aromatic N) is 2. The van der Waals surface area contributed by atoms with Gasteiger partial charge in [0, 0.05) is 34.6 Å². The molecule has 0 aliphatic heterocycles. The van der Waals surface area contributed by atoms with Gasteiger partial charge in [0.15, 0.2) is 6.61 Å². The lowest BCUT2D eigenvalue weighted by molar-refractivity contribution is 0.0475. The van der Waals surface area contributed by atoms with Crippen LogP contribution in [0.25, 0.3) is 10.9 Å². The van der Waals surface area contributed by atoms with Crippen LogP contribution in [0.15, 0.2) is 43.0 Å². The summed E-state index contributed by atoms with van der Waals surface area (Å²) < 4.78 is 7.52. The molecule has 0 radical (unpaired) electrons. The Morgan fingerprint density at radius 3 is 2.83 bits per heavy atom. The van der Waals surface area contributed by atoms with E-state index in [0.717, 1.165) is 52.8 Å². The van der Waals surface area contributed by atoms with Gasteiger partial charge < -0.3 is 9.30 Å². The van der Waals surface area contributed by atoms with Crippen LogP contribution in [0.4, 0.5) is 0 Å². The van der Waals surface area contributed by atoms with E-state index >= 15 is 0 Å². The van der Waals surface area contributed by atoms with E-state index in [9.17, 15) is 9.59 Å². The predicted molar refractivity (Wildman–Crippen MR) is 112 cm³/mol. The average molecular weight is 388 g/mol. The lowest BCUT2D eigenvalue weighted by Crippen LogP contribution is -2.17. The number of Topliss-reactive ketones (excluding diaryl/α,β-unsaturated/α-hetero) is 1. The number of aryl methyl sites for hydroxylation is 2. The van der Waals surface area contributed by atoms with E-state index in [4.69, 9.17) is 9.72 Å². The van der Waals surface area contributed by atoms with Gasteiger partial charge >= 0.3 is 5.97 Å². The number of hydrogen-bond donors (Lipinski definition) is 0. The molecule has 4 rings (SSSR count). The van der Waals surface area contributed by atoms with Crippen LogP contribution in [0.2, 0.25) is 0 Å². The fraction of sp³-hybridized carbons (Fsp3) is 0.292. The molecule has 0 atom stereocenters. The number of esters is 1. The predicted octanol–water partition coefficient (Wildman–Crippen LogP) is 4.37. The van der Waals surface area contributed by atoms with Crippen LogP contribution in [-0.2, 0) is 24.1 Å². The smallest absolute Gasteiger partial charge is 0.339 e. The van der Waals surface area contributed by atoms with Crippen LogP contribution in [-0.4, -0.2) is 27.9 Å². The Balaban J connectivity index is 1.59. The van der Waals surface area contributed by atoms with Gasteiger partial charge in [-0.1, -0.05) is 24.3 Å². The molecule has 1 aromatic carbocycles. The first-order valence-corrected chi connectivity index (χ1v) is 9.89. The number of carbonyl (C=O) groups is 2. The van der Waals surface area contributed by atoms with Crippen molar-refractivity contribution in [3.05, 3.63) is 76.8 Å². The van der Waals surface area contributed by atoms with E-state index in [1.54, 1.807) is 6.08 Å². The van der Waals surface area contributed by atoms with Gasteiger partial charge in [0.1, 0.15) is 0 Å². The van der Waals surface area contributed by atoms with Crippen molar-refractivity contribution in [2.45, 2.75) is 39.7 Å². The van der Waals surface area contributed by atoms with Crippen molar-refractivity contribution in [3.8, 4) is 0 Å². The van der Waals surface area contributed by atoms with Gasteiger partial charge in [-0.2, -0.15) is 0 Å². The number of aromatic nitrogens is 2. The first-order chi connectivity index (χ1) is 14.0. The largest absolute Gasteiger partial charge is 0.454 e. The van der Waals surface area contributed by atoms with E-state index in [1.807, 2.05) is 48.7 Å². The first kappa shape index (κ1) is 19.1. The summed E-state index contributed by atoms with van der Waals surface area (Å²) in [4.78, 5) is 30.4. The Labute approximate surface area is 170 Å². The Hall–Kier alpha value is -3.21. The highest BCUT2D eigenvalue weighted by Crippen LogP contribution is 2.30. The van der Waals surface area contributed by atoms with Crippen molar-refractivity contribution < 1.29 is 14.3 Å². The minimum atomic E-state index is -0.449. The summed E-state index contributed by atoms with van der Waals surface area (Å²) in [6.07, 6.45) is 4.46. The van der Waals surface area contributed by atoms with Gasteiger partial charge in [-0.05, 0) is 50.8 Å². The van der Waals surface area contributed by atoms with E-state index in [1.165, 1.54) is 0 Å². The third-order valence-electron chi connectivity index (χ3n) is 5.64. The second kappa shape index (κ2) is 7.66. The maximum atomic E-state index is 13.0. The van der Waals surface area contributed by atoms with E-state index in [2.05, 4.69) is 6.58 Å². The van der Waals surface area contributed by atoms with E-state index in [-0.39, 0.29) is 12.4 Å². The molecule has 5 heteroatoms. The van der Waals surface area contributed by atoms with Crippen molar-refractivity contribution in [1.82, 2.24) is 9.55 Å². The van der Waals surface area contributed by atoms with Gasteiger partial charge in [-0.25, -0.2) is 4.79 Å². The van der Waals surface area contributed by atoms with Crippen molar-refractivity contribution in [3.63, 3.8) is 0 Å². The highest BCUT2D eigenvalue weighted by molar-refractivity contribution is 6.06. The molecule has 29 heavy (non-hydrogen) atoms. The van der Waals surface area contributed by atoms with Gasteiger partial charge in [-0.3, -0.25) is 9.78 Å². The summed E-state index contributed by atoms with van der Waals surface area (Å²) in [5.74, 6) is -0.647. The molecule has 0 spiro atoms. The van der Waals surface area contributed by atoms with Crippen molar-refractivity contribution >= 4 is 22.7 Å². The van der Waals surface area contributed by atoms with Gasteiger partial charge in [-0.15, -0.1) is 6.58 Å². The molecule has 1 aliphatic carbocycles. The Morgan fingerprint density at radius 2 is 2.03 bits per heavy atom. The highest BCUT2D eigenvalue weighted by Gasteiger charge is 2.25. The lowest BCUT2D eigenvalue weighted by atomic mass is 10.0. The minimum absolute atomic E-state index is 0.197. The number of fused-ring (bicyclic) bond motifs is 2. The number of carbonyl (C=O) groups excluding carboxylic acids is 2. The Bertz CT molecular complexity index is 1140. The average Bonchev–Trinajstić information content (AvgIpc) is 3.29. The molecule has 1 aliphatic rings. The topological polar surface area (TPSA) is 61.2 Å². The summed E-state index contributed by atoms with van der Waals surface area (Å²) in [5, 5.41) is 0.787. The molecule has 0 saturated heterocycles. The van der Waals surface area contributed by atoms with E-state index < -0.39 is 5.97 Å². The lowest BCUT2D eigenvalue weighted by Gasteiger charge is -2.12. The third-order valence-corrected chi connectivity index (χ3v) is 5.64. The summed E-state index contributed by atoms with van der Waals surface area (Å²) in [6.45, 7) is 7.97. The normalized spacial score (nSPS) is 12.8. The molecule has 0 amide bonds. The first-order valence-electron chi connectivity index (χ1n) is 9.89. The Morgan fingerprint density at radius 1 is 1.24 bits per heavy atom. The number of rotatable bonds is 6. The molecule has 148 valence electrons. The highest BCUT2D eigenvalue weighted by atomic mass is 16.5. The zero-order valence-electron chi connectivity index (χ0n) is 16.8. The maximum Gasteiger partial charge on any atom is 0.339 e. The van der Waals surface area contributed by atoms with Crippen LogP contribution in [0.3, 0.4) is 0 Å². The minimum Gasteiger partial charge on any atom is -0.454 e. The molecule has 2 heterocycles. The van der Waals surface area contributed by atoms with Gasteiger partial charge in [0.2, 0.25) is 5.78 Å². The number of pyridine rings is 1. The summed E-state index contributed by atoms with van der Waals surface area (Å²) >= 11 is 0. The number of allylic oxidation sites excluding steroid dienone is 1. The molecular formula is C24H24N2O3. The molecule has 3 aromatic rings. The maximum absolute atomic E-state index is 13.0. The van der Waals surface area contributed by atoms with Crippen molar-refractivity contribution in [1.29, 1.82) is 0 Å². The van der Waals surface area contributed by atoms with E-state index in [0.29, 0.717) is 17.7 Å². The molecule has 2 aromatic heterocycles. The molecule has 0 bridgehead atoms. The number of ketones is 1. The van der Waals surface area contributed by atoms with Gasteiger partial charge in [0.25, 0.3) is 0 Å². The standard InChI is InChI=1S/C24H24N2O3/c1-4-12-26-15(2)13-19(16(26)3)22(27)14-29-24(28)23-17-8-5-6-10-20(17)25-21-11-7-9-18(21)23/h4-6,8,10,13H,1,7,9,11-12,14H2,2-3H3. The fourth-order valence-electron chi connectivity index (χ4n) is 4.22. The SMILES string of the molecule is C=CCn1c(C)cc(C(=O)COC(=O)c2c3c(nc4ccccc24)CCC3)c1C. The quantitative estimate of drug-likeness (QED) is 0.357. The Kier molecular flexibility index (Phi) is 5.05. The molecular weight excluding hydrogens is 364 g/mol. The summed E-state index contributed by atoms with van der Waals surface area (Å²) in [7, 11) is 0. The molecule has 0 unspecified atom stereocenters. The number of benzene rings is 1. The summed E-state index contributed by atoms with van der Waals surface area (Å²) in [5.41, 5.74) is 5.71. The molecule has 0 fully saturated rings. The number of hydrogen-bond acceptors (Lipinski definition) is 4. The third kappa shape index (κ3) is 3.37. The van der Waals surface area contributed by atoms with Crippen molar-refractivity contribution in [2.75, 3.05) is 6.61 Å². The summed E-state index contributed by atoms with van der Waals surface area (Å²) in [6, 6.07) is 9.44. The fourth-order valence-corrected chi connectivity index (χ4v) is 4.22. The number of para-hydroxylation sites is 1. The van der Waals surface area contributed by atoms with Crippen LogP contribution >= 0.6 is 0 Å².